The third kappa shape index (κ3) is 4.30. The Labute approximate surface area is 161 Å². The fourth-order valence-electron chi connectivity index (χ4n) is 3.83. The fraction of sp³-hybridized carbons (Fsp3) is 0.650. The first-order chi connectivity index (χ1) is 13.1. The Hall–Kier alpha value is -1.99. The van der Waals surface area contributed by atoms with E-state index in [1.54, 1.807) is 21.3 Å². The van der Waals surface area contributed by atoms with Gasteiger partial charge in [0.05, 0.1) is 19.8 Å². The number of ether oxygens (including phenoxy) is 4. The molecule has 0 aliphatic carbocycles. The van der Waals surface area contributed by atoms with Gasteiger partial charge in [0.25, 0.3) is 0 Å². The average molecular weight is 377 g/mol. The molecule has 1 saturated heterocycles. The van der Waals surface area contributed by atoms with Crippen LogP contribution in [0.5, 0.6) is 11.5 Å². The Kier molecular flexibility index (Phi) is 6.44. The summed E-state index contributed by atoms with van der Waals surface area (Å²) in [6.45, 7) is 3.91. The van der Waals surface area contributed by atoms with E-state index in [2.05, 4.69) is 27.3 Å². The number of aliphatic imine (C=N–C) groups is 1. The molecular weight excluding hydrogens is 346 g/mol. The quantitative estimate of drug-likeness (QED) is 0.624. The number of hydrogen-bond donors (Lipinski definition) is 1. The maximum atomic E-state index is 5.83. The number of nitrogens with one attached hydrogen (secondary N) is 1. The highest BCUT2D eigenvalue weighted by atomic mass is 16.5. The van der Waals surface area contributed by atoms with Crippen LogP contribution in [0.1, 0.15) is 24.0 Å². The zero-order valence-electron chi connectivity index (χ0n) is 16.8. The number of benzene rings is 1. The predicted molar refractivity (Wildman–Crippen MR) is 105 cm³/mol. The number of nitrogens with zero attached hydrogens (tertiary/aromatic N) is 2. The van der Waals surface area contributed by atoms with E-state index in [-0.39, 0.29) is 5.60 Å². The predicted octanol–water partition coefficient (Wildman–Crippen LogP) is 1.83. The first-order valence-corrected chi connectivity index (χ1v) is 9.47. The lowest BCUT2D eigenvalue weighted by Crippen LogP contribution is -2.52. The molecule has 0 unspecified atom stereocenters. The molecule has 0 saturated carbocycles. The molecule has 1 aromatic rings. The van der Waals surface area contributed by atoms with Crippen molar-refractivity contribution < 1.29 is 18.9 Å². The van der Waals surface area contributed by atoms with Crippen molar-refractivity contribution in [3.05, 3.63) is 23.3 Å². The Morgan fingerprint density at radius 3 is 2.41 bits per heavy atom. The van der Waals surface area contributed by atoms with Crippen molar-refractivity contribution in [1.29, 1.82) is 0 Å². The highest BCUT2D eigenvalue weighted by molar-refractivity contribution is 5.80. The van der Waals surface area contributed by atoms with Crippen molar-refractivity contribution >= 4 is 5.96 Å². The summed E-state index contributed by atoms with van der Waals surface area (Å²) in [5, 5.41) is 3.52. The van der Waals surface area contributed by atoms with Gasteiger partial charge in [-0.1, -0.05) is 0 Å². The second kappa shape index (κ2) is 8.80. The van der Waals surface area contributed by atoms with E-state index in [1.807, 2.05) is 7.05 Å². The highest BCUT2D eigenvalue weighted by Crippen LogP contribution is 2.33. The van der Waals surface area contributed by atoms with E-state index in [4.69, 9.17) is 18.9 Å². The standard InChI is InChI=1S/C20H31N3O4/c1-21-19(22-14-20(26-4)6-9-27-10-7-20)23-8-5-15-11-17(24-2)18(25-3)12-16(15)13-23/h11-12H,5-10,13-14H2,1-4H3,(H,21,22). The van der Waals surface area contributed by atoms with E-state index in [0.717, 1.165) is 69.6 Å². The van der Waals surface area contributed by atoms with Crippen LogP contribution in [0, 0.1) is 0 Å². The topological polar surface area (TPSA) is 64.6 Å². The number of guanidine groups is 1. The van der Waals surface area contributed by atoms with Crippen LogP contribution < -0.4 is 14.8 Å². The molecule has 2 aliphatic heterocycles. The molecule has 7 nitrogen and oxygen atoms in total. The van der Waals surface area contributed by atoms with Crippen molar-refractivity contribution in [2.75, 3.05) is 54.7 Å². The van der Waals surface area contributed by atoms with Crippen LogP contribution in [0.25, 0.3) is 0 Å². The first-order valence-electron chi connectivity index (χ1n) is 9.47. The molecular formula is C20H31N3O4. The molecule has 1 N–H and O–H groups in total. The van der Waals surface area contributed by atoms with E-state index in [9.17, 15) is 0 Å². The van der Waals surface area contributed by atoms with Gasteiger partial charge in [-0.25, -0.2) is 0 Å². The van der Waals surface area contributed by atoms with Gasteiger partial charge in [0, 0.05) is 59.8 Å². The van der Waals surface area contributed by atoms with E-state index in [1.165, 1.54) is 11.1 Å². The summed E-state index contributed by atoms with van der Waals surface area (Å²) in [5.41, 5.74) is 2.37. The summed E-state index contributed by atoms with van der Waals surface area (Å²) < 4.78 is 22.2. The molecule has 0 bridgehead atoms. The zero-order chi connectivity index (χ0) is 19.3. The van der Waals surface area contributed by atoms with Gasteiger partial charge in [-0.05, 0) is 29.7 Å². The number of methoxy groups -OCH3 is 3. The SMILES string of the molecule is CN=C(NCC1(OC)CCOCC1)N1CCc2cc(OC)c(OC)cc2C1. The van der Waals surface area contributed by atoms with Crippen molar-refractivity contribution in [1.82, 2.24) is 10.2 Å². The van der Waals surface area contributed by atoms with Crippen LogP contribution in [-0.4, -0.2) is 71.1 Å². The van der Waals surface area contributed by atoms with Crippen LogP contribution in [-0.2, 0) is 22.4 Å². The number of fused-ring (bicyclic) bond motifs is 1. The first kappa shape index (κ1) is 19.8. The molecule has 1 fully saturated rings. The summed E-state index contributed by atoms with van der Waals surface area (Å²) >= 11 is 0. The Balaban J connectivity index is 1.69. The van der Waals surface area contributed by atoms with Gasteiger partial charge < -0.3 is 29.2 Å². The minimum atomic E-state index is -0.182. The molecule has 2 heterocycles. The second-order valence-electron chi connectivity index (χ2n) is 7.05. The molecule has 3 rings (SSSR count). The average Bonchev–Trinajstić information content (AvgIpc) is 2.73. The summed E-state index contributed by atoms with van der Waals surface area (Å²) in [7, 11) is 6.96. The lowest BCUT2D eigenvalue weighted by molar-refractivity contribution is -0.0857. The molecule has 7 heteroatoms. The van der Waals surface area contributed by atoms with Crippen LogP contribution in [0.3, 0.4) is 0 Å². The monoisotopic (exact) mass is 377 g/mol. The van der Waals surface area contributed by atoms with E-state index < -0.39 is 0 Å². The van der Waals surface area contributed by atoms with Crippen molar-refractivity contribution in [2.24, 2.45) is 4.99 Å². The normalized spacial score (nSPS) is 19.4. The number of hydrogen-bond acceptors (Lipinski definition) is 5. The van der Waals surface area contributed by atoms with Crippen LogP contribution >= 0.6 is 0 Å². The van der Waals surface area contributed by atoms with Crippen molar-refractivity contribution in [3.8, 4) is 11.5 Å². The molecule has 0 spiro atoms. The highest BCUT2D eigenvalue weighted by Gasteiger charge is 2.33. The Morgan fingerprint density at radius 2 is 1.81 bits per heavy atom. The molecule has 0 atom stereocenters. The van der Waals surface area contributed by atoms with Gasteiger partial charge in [-0.15, -0.1) is 0 Å². The Morgan fingerprint density at radius 1 is 1.15 bits per heavy atom. The number of rotatable bonds is 5. The van der Waals surface area contributed by atoms with Crippen LogP contribution in [0.4, 0.5) is 0 Å². The molecule has 27 heavy (non-hydrogen) atoms. The summed E-state index contributed by atoms with van der Waals surface area (Å²) in [4.78, 5) is 6.77. The minimum Gasteiger partial charge on any atom is -0.493 e. The maximum absolute atomic E-state index is 5.83. The fourth-order valence-corrected chi connectivity index (χ4v) is 3.83. The van der Waals surface area contributed by atoms with Crippen molar-refractivity contribution in [3.63, 3.8) is 0 Å². The molecule has 2 aliphatic rings. The lowest BCUT2D eigenvalue weighted by Gasteiger charge is -2.38. The van der Waals surface area contributed by atoms with Crippen LogP contribution in [0.15, 0.2) is 17.1 Å². The Bertz CT molecular complexity index is 671. The summed E-state index contributed by atoms with van der Waals surface area (Å²) in [5.74, 6) is 2.45. The van der Waals surface area contributed by atoms with E-state index >= 15 is 0 Å². The molecule has 150 valence electrons. The van der Waals surface area contributed by atoms with Gasteiger partial charge in [0.1, 0.15) is 0 Å². The minimum absolute atomic E-state index is 0.182. The van der Waals surface area contributed by atoms with Gasteiger partial charge in [0.15, 0.2) is 17.5 Å². The van der Waals surface area contributed by atoms with Crippen LogP contribution in [0.2, 0.25) is 0 Å². The maximum Gasteiger partial charge on any atom is 0.194 e. The molecule has 1 aromatic carbocycles. The molecule has 0 radical (unpaired) electrons. The third-order valence-electron chi connectivity index (χ3n) is 5.64. The van der Waals surface area contributed by atoms with E-state index in [0.29, 0.717) is 0 Å². The van der Waals surface area contributed by atoms with Gasteiger partial charge >= 0.3 is 0 Å². The zero-order valence-corrected chi connectivity index (χ0v) is 16.8. The van der Waals surface area contributed by atoms with Gasteiger partial charge in [0.2, 0.25) is 0 Å². The summed E-state index contributed by atoms with van der Waals surface area (Å²) in [6, 6.07) is 4.16. The van der Waals surface area contributed by atoms with Crippen molar-refractivity contribution in [2.45, 2.75) is 31.4 Å². The molecule has 0 amide bonds. The second-order valence-corrected chi connectivity index (χ2v) is 7.05. The van der Waals surface area contributed by atoms with Gasteiger partial charge in [-0.3, -0.25) is 4.99 Å². The third-order valence-corrected chi connectivity index (χ3v) is 5.64. The molecule has 0 aromatic heterocycles. The summed E-state index contributed by atoms with van der Waals surface area (Å²) in [6.07, 6.45) is 2.74. The lowest BCUT2D eigenvalue weighted by atomic mass is 9.94. The largest absolute Gasteiger partial charge is 0.493 e. The van der Waals surface area contributed by atoms with Gasteiger partial charge in [-0.2, -0.15) is 0 Å². The smallest absolute Gasteiger partial charge is 0.194 e.